The number of hydrogen-bond acceptors (Lipinski definition) is 3. The number of alkyl halides is 3. The zero-order chi connectivity index (χ0) is 21.0. The van der Waals surface area contributed by atoms with Crippen LogP contribution in [0, 0.1) is 5.92 Å². The van der Waals surface area contributed by atoms with Crippen LogP contribution in [-0.2, 0) is 11.0 Å². The third-order valence-corrected chi connectivity index (χ3v) is 5.21. The van der Waals surface area contributed by atoms with Gasteiger partial charge in [0, 0.05) is 12.1 Å². The minimum Gasteiger partial charge on any atom is -0.494 e. The summed E-state index contributed by atoms with van der Waals surface area (Å²) in [6.07, 6.45) is -3.22. The summed E-state index contributed by atoms with van der Waals surface area (Å²) in [5.74, 6) is -0.832. The number of rotatable bonds is 6. The van der Waals surface area contributed by atoms with E-state index < -0.39 is 29.7 Å². The van der Waals surface area contributed by atoms with Crippen LogP contribution in [0.15, 0.2) is 48.5 Å². The van der Waals surface area contributed by atoms with Gasteiger partial charge in [0.15, 0.2) is 0 Å². The van der Waals surface area contributed by atoms with E-state index in [-0.39, 0.29) is 6.54 Å². The van der Waals surface area contributed by atoms with Crippen LogP contribution < -0.4 is 4.74 Å². The number of carboxylic acids is 1. The van der Waals surface area contributed by atoms with E-state index in [0.717, 1.165) is 17.7 Å². The van der Waals surface area contributed by atoms with Crippen molar-refractivity contribution in [2.45, 2.75) is 32.0 Å². The molecular weight excluding hydrogens is 383 g/mol. The van der Waals surface area contributed by atoms with Crippen molar-refractivity contribution < 1.29 is 27.8 Å². The van der Waals surface area contributed by atoms with Crippen LogP contribution in [0.2, 0.25) is 0 Å². The van der Waals surface area contributed by atoms with Crippen molar-refractivity contribution in [3.63, 3.8) is 0 Å². The van der Waals surface area contributed by atoms with Gasteiger partial charge in [-0.25, -0.2) is 0 Å². The highest BCUT2D eigenvalue weighted by molar-refractivity contribution is 5.70. The Morgan fingerprint density at radius 1 is 1.24 bits per heavy atom. The number of benzene rings is 2. The molecule has 0 amide bonds. The van der Waals surface area contributed by atoms with Crippen LogP contribution in [0.25, 0.3) is 0 Å². The first-order chi connectivity index (χ1) is 13.8. The van der Waals surface area contributed by atoms with E-state index in [2.05, 4.69) is 0 Å². The molecule has 1 aliphatic heterocycles. The average molecular weight is 407 g/mol. The number of piperidine rings is 1. The second-order valence-electron chi connectivity index (χ2n) is 7.17. The molecule has 0 saturated carbocycles. The lowest BCUT2D eigenvalue weighted by molar-refractivity contribution is -0.143. The van der Waals surface area contributed by atoms with Gasteiger partial charge >= 0.3 is 12.1 Å². The molecule has 1 fully saturated rings. The number of aliphatic carboxylic acids is 1. The first-order valence-corrected chi connectivity index (χ1v) is 9.67. The van der Waals surface area contributed by atoms with Crippen molar-refractivity contribution in [3.05, 3.63) is 65.2 Å². The Labute approximate surface area is 167 Å². The quantitative estimate of drug-likeness (QED) is 0.733. The van der Waals surface area contributed by atoms with Crippen LogP contribution in [0.5, 0.6) is 5.75 Å². The van der Waals surface area contributed by atoms with Crippen molar-refractivity contribution in [1.29, 1.82) is 0 Å². The van der Waals surface area contributed by atoms with E-state index in [9.17, 15) is 23.1 Å². The van der Waals surface area contributed by atoms with Crippen molar-refractivity contribution in [1.82, 2.24) is 4.90 Å². The molecule has 0 spiro atoms. The molecule has 0 aromatic heterocycles. The zero-order valence-electron chi connectivity index (χ0n) is 16.2. The van der Waals surface area contributed by atoms with Crippen molar-refractivity contribution in [2.24, 2.45) is 5.92 Å². The maximum absolute atomic E-state index is 13.3. The normalized spacial score (nSPS) is 19.0. The summed E-state index contributed by atoms with van der Waals surface area (Å²) in [5.41, 5.74) is 0.485. The standard InChI is InChI=1S/C22H24F3NO3/c1-2-29-19-11-4-3-10-18(19)20(26-12-6-8-16(14-26)21(27)28)15-7-5-9-17(13-15)22(23,24)25/h3-5,7,9-11,13,16,20H,2,6,8,12,14H2,1H3,(H,27,28). The van der Waals surface area contributed by atoms with Gasteiger partial charge < -0.3 is 9.84 Å². The highest BCUT2D eigenvalue weighted by atomic mass is 19.4. The monoisotopic (exact) mass is 407 g/mol. The van der Waals surface area contributed by atoms with Gasteiger partial charge in [0.1, 0.15) is 5.75 Å². The lowest BCUT2D eigenvalue weighted by Gasteiger charge is -2.38. The Balaban J connectivity index is 2.09. The molecule has 2 unspecified atom stereocenters. The fourth-order valence-electron chi connectivity index (χ4n) is 3.91. The Morgan fingerprint density at radius 3 is 2.69 bits per heavy atom. The molecule has 3 rings (SSSR count). The van der Waals surface area contributed by atoms with Crippen LogP contribution in [0.1, 0.15) is 42.5 Å². The van der Waals surface area contributed by atoms with Crippen molar-refractivity contribution >= 4 is 5.97 Å². The third-order valence-electron chi connectivity index (χ3n) is 5.21. The minimum absolute atomic E-state index is 0.275. The Kier molecular flexibility index (Phi) is 6.47. The molecule has 156 valence electrons. The van der Waals surface area contributed by atoms with Crippen molar-refractivity contribution in [3.8, 4) is 5.75 Å². The summed E-state index contributed by atoms with van der Waals surface area (Å²) in [6.45, 7) is 3.14. The summed E-state index contributed by atoms with van der Waals surface area (Å²) in [6, 6.07) is 12.0. The maximum Gasteiger partial charge on any atom is 0.416 e. The molecule has 2 aromatic rings. The molecule has 29 heavy (non-hydrogen) atoms. The van der Waals surface area contributed by atoms with E-state index in [1.807, 2.05) is 30.0 Å². The lowest BCUT2D eigenvalue weighted by atomic mass is 9.90. The van der Waals surface area contributed by atoms with Crippen LogP contribution in [0.3, 0.4) is 0 Å². The van der Waals surface area contributed by atoms with E-state index in [0.29, 0.717) is 37.3 Å². The van der Waals surface area contributed by atoms with Crippen molar-refractivity contribution in [2.75, 3.05) is 19.7 Å². The molecular formula is C22H24F3NO3. The molecule has 0 aliphatic carbocycles. The lowest BCUT2D eigenvalue weighted by Crippen LogP contribution is -2.41. The number of hydrogen-bond donors (Lipinski definition) is 1. The maximum atomic E-state index is 13.3. The summed E-state index contributed by atoms with van der Waals surface area (Å²) < 4.78 is 45.7. The Morgan fingerprint density at radius 2 is 2.00 bits per heavy atom. The first-order valence-electron chi connectivity index (χ1n) is 9.67. The fourth-order valence-corrected chi connectivity index (χ4v) is 3.91. The van der Waals surface area contributed by atoms with Gasteiger partial charge in [0.05, 0.1) is 24.1 Å². The van der Waals surface area contributed by atoms with Gasteiger partial charge in [-0.05, 0) is 50.1 Å². The molecule has 4 nitrogen and oxygen atoms in total. The minimum atomic E-state index is -4.45. The Bertz CT molecular complexity index is 853. The van der Waals surface area contributed by atoms with E-state index in [4.69, 9.17) is 4.74 Å². The number of carboxylic acid groups (broad SMARTS) is 1. The summed E-state index contributed by atoms with van der Waals surface area (Å²) >= 11 is 0. The van der Waals surface area contributed by atoms with Crippen LogP contribution in [-0.4, -0.2) is 35.7 Å². The topological polar surface area (TPSA) is 49.8 Å². The highest BCUT2D eigenvalue weighted by Crippen LogP contribution is 2.39. The molecule has 2 aromatic carbocycles. The molecule has 1 heterocycles. The second-order valence-corrected chi connectivity index (χ2v) is 7.17. The number of carbonyl (C=O) groups is 1. The predicted molar refractivity (Wildman–Crippen MR) is 103 cm³/mol. The van der Waals surface area contributed by atoms with Gasteiger partial charge in [0.2, 0.25) is 0 Å². The van der Waals surface area contributed by atoms with Gasteiger partial charge in [-0.3, -0.25) is 9.69 Å². The van der Waals surface area contributed by atoms with Crippen LogP contribution in [0.4, 0.5) is 13.2 Å². The smallest absolute Gasteiger partial charge is 0.416 e. The molecule has 0 radical (unpaired) electrons. The largest absolute Gasteiger partial charge is 0.494 e. The molecule has 1 saturated heterocycles. The van der Waals surface area contributed by atoms with Gasteiger partial charge in [-0.2, -0.15) is 13.2 Å². The van der Waals surface area contributed by atoms with Crippen LogP contribution >= 0.6 is 0 Å². The van der Waals surface area contributed by atoms with E-state index in [1.54, 1.807) is 12.1 Å². The number of ether oxygens (including phenoxy) is 1. The second kappa shape index (κ2) is 8.86. The van der Waals surface area contributed by atoms with Gasteiger partial charge in [-0.15, -0.1) is 0 Å². The molecule has 1 N–H and O–H groups in total. The predicted octanol–water partition coefficient (Wildman–Crippen LogP) is 4.99. The summed E-state index contributed by atoms with van der Waals surface area (Å²) in [7, 11) is 0. The number of para-hydroxylation sites is 1. The summed E-state index contributed by atoms with van der Waals surface area (Å²) in [4.78, 5) is 13.5. The number of nitrogens with zero attached hydrogens (tertiary/aromatic N) is 1. The highest BCUT2D eigenvalue weighted by Gasteiger charge is 2.35. The first kappa shape index (κ1) is 21.2. The number of halogens is 3. The SMILES string of the molecule is CCOc1ccccc1C(c1cccc(C(F)(F)F)c1)N1CCCC(C(=O)O)C1. The van der Waals surface area contributed by atoms with Gasteiger partial charge in [0.25, 0.3) is 0 Å². The fraction of sp³-hybridized carbons (Fsp3) is 0.409. The average Bonchev–Trinajstić information content (AvgIpc) is 2.69. The molecule has 7 heteroatoms. The van der Waals surface area contributed by atoms with Gasteiger partial charge in [-0.1, -0.05) is 30.3 Å². The molecule has 0 bridgehead atoms. The molecule has 2 atom stereocenters. The third kappa shape index (κ3) is 4.90. The molecule has 1 aliphatic rings. The van der Waals surface area contributed by atoms with E-state index in [1.165, 1.54) is 6.07 Å². The summed E-state index contributed by atoms with van der Waals surface area (Å²) in [5, 5.41) is 9.47. The van der Waals surface area contributed by atoms with E-state index >= 15 is 0 Å². The Hall–Kier alpha value is -2.54. The number of likely N-dealkylation sites (tertiary alicyclic amines) is 1. The zero-order valence-corrected chi connectivity index (χ0v) is 16.2.